The summed E-state index contributed by atoms with van der Waals surface area (Å²) in [4.78, 5) is 11.8. The van der Waals surface area contributed by atoms with Crippen molar-refractivity contribution in [1.82, 2.24) is 25.2 Å². The zero-order valence-corrected chi connectivity index (χ0v) is 17.2. The van der Waals surface area contributed by atoms with E-state index in [0.29, 0.717) is 6.04 Å². The molecule has 1 aliphatic heterocycles. The Morgan fingerprint density at radius 2 is 2.00 bits per heavy atom. The number of nitrogens with one attached hydrogen (secondary N) is 1. The molecule has 2 heterocycles. The lowest BCUT2D eigenvalue weighted by Gasteiger charge is -2.38. The van der Waals surface area contributed by atoms with E-state index in [1.807, 2.05) is 13.1 Å². The summed E-state index contributed by atoms with van der Waals surface area (Å²) in [5, 5.41) is 7.69. The Kier molecular flexibility index (Phi) is 7.52. The highest BCUT2D eigenvalue weighted by molar-refractivity contribution is 5.80. The van der Waals surface area contributed by atoms with Gasteiger partial charge in [-0.3, -0.25) is 9.89 Å². The van der Waals surface area contributed by atoms with Crippen molar-refractivity contribution in [3.8, 4) is 0 Å². The van der Waals surface area contributed by atoms with Gasteiger partial charge in [-0.1, -0.05) is 24.4 Å². The minimum atomic E-state index is 0.579. The van der Waals surface area contributed by atoms with Crippen LogP contribution in [-0.4, -0.2) is 85.7 Å². The van der Waals surface area contributed by atoms with Crippen LogP contribution in [0.25, 0.3) is 0 Å². The number of rotatable bonds is 6. The van der Waals surface area contributed by atoms with Gasteiger partial charge in [-0.2, -0.15) is 0 Å². The van der Waals surface area contributed by atoms with Crippen molar-refractivity contribution < 1.29 is 4.52 Å². The molecule has 0 spiro atoms. The van der Waals surface area contributed by atoms with Crippen LogP contribution in [0.2, 0.25) is 0 Å². The SMILES string of the molecule is CN=C(NCC(C1CCCCC1)N(C)C)N1CCN(Cc2ccon2)CC1. The molecule has 152 valence electrons. The molecule has 7 heteroatoms. The van der Waals surface area contributed by atoms with Crippen LogP contribution in [0.5, 0.6) is 0 Å². The molecule has 0 radical (unpaired) electrons. The number of nitrogens with zero attached hydrogens (tertiary/aromatic N) is 5. The Balaban J connectivity index is 1.47. The molecule has 1 N–H and O–H groups in total. The van der Waals surface area contributed by atoms with Crippen molar-refractivity contribution in [2.75, 3.05) is 53.9 Å². The molecule has 27 heavy (non-hydrogen) atoms. The highest BCUT2D eigenvalue weighted by Crippen LogP contribution is 2.28. The molecule has 1 saturated heterocycles. The lowest BCUT2D eigenvalue weighted by molar-refractivity contribution is 0.159. The third-order valence-corrected chi connectivity index (χ3v) is 6.09. The molecule has 1 aromatic heterocycles. The lowest BCUT2D eigenvalue weighted by Crippen LogP contribution is -2.54. The molecule has 1 saturated carbocycles. The molecular weight excluding hydrogens is 340 g/mol. The average molecular weight is 377 g/mol. The first kappa shape index (κ1) is 20.1. The molecule has 0 aromatic carbocycles. The van der Waals surface area contributed by atoms with E-state index >= 15 is 0 Å². The molecular formula is C20H36N6O. The predicted molar refractivity (Wildman–Crippen MR) is 109 cm³/mol. The third-order valence-electron chi connectivity index (χ3n) is 6.09. The van der Waals surface area contributed by atoms with Crippen molar-refractivity contribution in [1.29, 1.82) is 0 Å². The molecule has 1 unspecified atom stereocenters. The molecule has 1 aromatic rings. The molecule has 3 rings (SSSR count). The maximum absolute atomic E-state index is 4.94. The quantitative estimate of drug-likeness (QED) is 0.604. The van der Waals surface area contributed by atoms with E-state index in [1.165, 1.54) is 32.1 Å². The van der Waals surface area contributed by atoms with Gasteiger partial charge in [0, 0.05) is 58.4 Å². The van der Waals surface area contributed by atoms with Gasteiger partial charge < -0.3 is 19.6 Å². The number of hydrogen-bond donors (Lipinski definition) is 1. The largest absolute Gasteiger partial charge is 0.364 e. The van der Waals surface area contributed by atoms with Gasteiger partial charge in [0.15, 0.2) is 5.96 Å². The van der Waals surface area contributed by atoms with Crippen molar-refractivity contribution in [3.63, 3.8) is 0 Å². The highest BCUT2D eigenvalue weighted by Gasteiger charge is 2.26. The van der Waals surface area contributed by atoms with Crippen molar-refractivity contribution in [2.45, 2.75) is 44.7 Å². The molecule has 1 atom stereocenters. The van der Waals surface area contributed by atoms with Gasteiger partial charge in [-0.15, -0.1) is 0 Å². The van der Waals surface area contributed by atoms with Crippen molar-refractivity contribution in [3.05, 3.63) is 18.0 Å². The summed E-state index contributed by atoms with van der Waals surface area (Å²) in [5.74, 6) is 1.84. The summed E-state index contributed by atoms with van der Waals surface area (Å²) in [6, 6.07) is 2.52. The Morgan fingerprint density at radius 1 is 1.26 bits per heavy atom. The van der Waals surface area contributed by atoms with E-state index in [4.69, 9.17) is 4.52 Å². The van der Waals surface area contributed by atoms with Crippen LogP contribution < -0.4 is 5.32 Å². The fourth-order valence-corrected chi connectivity index (χ4v) is 4.48. The maximum atomic E-state index is 4.94. The highest BCUT2D eigenvalue weighted by atomic mass is 16.5. The van der Waals surface area contributed by atoms with Gasteiger partial charge in [0.1, 0.15) is 6.26 Å². The number of aliphatic imine (C=N–C) groups is 1. The number of guanidine groups is 1. The topological polar surface area (TPSA) is 60.1 Å². The third kappa shape index (κ3) is 5.69. The van der Waals surface area contributed by atoms with Gasteiger partial charge >= 0.3 is 0 Å². The molecule has 2 aliphatic rings. The van der Waals surface area contributed by atoms with Crippen LogP contribution in [0.1, 0.15) is 37.8 Å². The van der Waals surface area contributed by atoms with Crippen molar-refractivity contribution in [2.24, 2.45) is 10.9 Å². The molecule has 7 nitrogen and oxygen atoms in total. The number of aromatic nitrogens is 1. The second-order valence-corrected chi connectivity index (χ2v) is 8.11. The van der Waals surface area contributed by atoms with E-state index in [-0.39, 0.29) is 0 Å². The Hall–Kier alpha value is -1.60. The van der Waals surface area contributed by atoms with Crippen LogP contribution in [0, 0.1) is 5.92 Å². The monoisotopic (exact) mass is 376 g/mol. The van der Waals surface area contributed by atoms with Gasteiger partial charge in [-0.25, -0.2) is 0 Å². The van der Waals surface area contributed by atoms with E-state index in [1.54, 1.807) is 6.26 Å². The first-order valence-corrected chi connectivity index (χ1v) is 10.4. The zero-order valence-electron chi connectivity index (χ0n) is 17.2. The zero-order chi connectivity index (χ0) is 19.1. The summed E-state index contributed by atoms with van der Waals surface area (Å²) in [6.07, 6.45) is 8.55. The number of piperazine rings is 1. The maximum Gasteiger partial charge on any atom is 0.193 e. The van der Waals surface area contributed by atoms with Gasteiger partial charge in [0.2, 0.25) is 0 Å². The van der Waals surface area contributed by atoms with Crippen molar-refractivity contribution >= 4 is 5.96 Å². The number of likely N-dealkylation sites (N-methyl/N-ethyl adjacent to an activating group) is 1. The summed E-state index contributed by atoms with van der Waals surface area (Å²) >= 11 is 0. The van der Waals surface area contributed by atoms with Crippen LogP contribution in [0.4, 0.5) is 0 Å². The molecule has 0 bridgehead atoms. The summed E-state index contributed by atoms with van der Waals surface area (Å²) < 4.78 is 4.94. The summed E-state index contributed by atoms with van der Waals surface area (Å²) in [5.41, 5.74) is 1.01. The van der Waals surface area contributed by atoms with E-state index in [2.05, 4.69) is 44.3 Å². The van der Waals surface area contributed by atoms with Gasteiger partial charge in [-0.05, 0) is 32.9 Å². The van der Waals surface area contributed by atoms with E-state index in [9.17, 15) is 0 Å². The lowest BCUT2D eigenvalue weighted by atomic mass is 9.83. The molecule has 2 fully saturated rings. The Labute approximate surface area is 163 Å². The van der Waals surface area contributed by atoms with E-state index < -0.39 is 0 Å². The van der Waals surface area contributed by atoms with Crippen LogP contribution >= 0.6 is 0 Å². The van der Waals surface area contributed by atoms with Gasteiger partial charge in [0.05, 0.1) is 5.69 Å². The van der Waals surface area contributed by atoms with Crippen LogP contribution in [-0.2, 0) is 6.54 Å². The molecule has 1 aliphatic carbocycles. The van der Waals surface area contributed by atoms with Gasteiger partial charge in [0.25, 0.3) is 0 Å². The number of hydrogen-bond acceptors (Lipinski definition) is 5. The first-order chi connectivity index (χ1) is 13.2. The van der Waals surface area contributed by atoms with E-state index in [0.717, 1.165) is 56.8 Å². The second-order valence-electron chi connectivity index (χ2n) is 8.11. The fraction of sp³-hybridized carbons (Fsp3) is 0.800. The second kappa shape index (κ2) is 10.1. The minimum absolute atomic E-state index is 0.579. The Morgan fingerprint density at radius 3 is 2.59 bits per heavy atom. The summed E-state index contributed by atoms with van der Waals surface area (Å²) in [7, 11) is 6.33. The average Bonchev–Trinajstić information content (AvgIpc) is 3.20. The first-order valence-electron chi connectivity index (χ1n) is 10.4. The minimum Gasteiger partial charge on any atom is -0.364 e. The normalized spacial score (nSPS) is 21.6. The summed E-state index contributed by atoms with van der Waals surface area (Å²) in [6.45, 7) is 5.87. The standard InChI is InChI=1S/C20H36N6O/c1-21-20(22-15-19(24(2)3)17-7-5-4-6-8-17)26-12-10-25(11-13-26)16-18-9-14-27-23-18/h9,14,17,19H,4-8,10-13,15-16H2,1-3H3,(H,21,22). The predicted octanol–water partition coefficient (Wildman–Crippen LogP) is 1.88. The van der Waals surface area contributed by atoms with Crippen LogP contribution in [0.15, 0.2) is 21.8 Å². The smallest absolute Gasteiger partial charge is 0.193 e. The fourth-order valence-electron chi connectivity index (χ4n) is 4.48. The van der Waals surface area contributed by atoms with Crippen LogP contribution in [0.3, 0.4) is 0 Å². The Bertz CT molecular complexity index is 559. The molecule has 0 amide bonds.